The zero-order valence-corrected chi connectivity index (χ0v) is 13.3. The maximum absolute atomic E-state index is 12.1. The molecule has 1 fully saturated rings. The highest BCUT2D eigenvalue weighted by atomic mass is 35.5. The number of halogens is 1. The Hall–Kier alpha value is -0.950. The fraction of sp³-hybridized carbons (Fsp3) is 0.538. The average Bonchev–Trinajstić information content (AvgIpc) is 2.74. The number of thiazole rings is 1. The first kappa shape index (κ1) is 15.4. The summed E-state index contributed by atoms with van der Waals surface area (Å²) in [6.45, 7) is 7.90. The van der Waals surface area contributed by atoms with Crippen LogP contribution in [0.5, 0.6) is 0 Å². The summed E-state index contributed by atoms with van der Waals surface area (Å²) in [5.41, 5.74) is 1.86. The highest BCUT2D eigenvalue weighted by Gasteiger charge is 2.19. The van der Waals surface area contributed by atoms with Crippen molar-refractivity contribution in [3.63, 3.8) is 0 Å². The SMILES string of the molecule is Cc1csc2nc(CN3CCNC[C@@H]3C)cc(=O)n12.Cl. The van der Waals surface area contributed by atoms with E-state index in [1.807, 2.05) is 12.3 Å². The summed E-state index contributed by atoms with van der Waals surface area (Å²) in [5.74, 6) is 0. The van der Waals surface area contributed by atoms with Gasteiger partial charge in [-0.1, -0.05) is 0 Å². The van der Waals surface area contributed by atoms with E-state index in [-0.39, 0.29) is 18.0 Å². The molecule has 2 aromatic rings. The van der Waals surface area contributed by atoms with Crippen LogP contribution < -0.4 is 10.9 Å². The maximum Gasteiger partial charge on any atom is 0.259 e. The standard InChI is InChI=1S/C13H18N4OS.ClH/c1-9-6-14-3-4-16(9)7-11-5-12(18)17-10(2)8-19-13(17)15-11;/h5,8-9,14H,3-4,6-7H2,1-2H3;1H/t9-;/m0./s1. The summed E-state index contributed by atoms with van der Waals surface area (Å²) in [6.07, 6.45) is 0. The van der Waals surface area contributed by atoms with E-state index in [2.05, 4.69) is 22.1 Å². The molecular weight excluding hydrogens is 296 g/mol. The molecule has 0 spiro atoms. The van der Waals surface area contributed by atoms with Gasteiger partial charge >= 0.3 is 0 Å². The van der Waals surface area contributed by atoms with E-state index in [1.165, 1.54) is 11.3 Å². The van der Waals surface area contributed by atoms with Gasteiger partial charge in [-0.25, -0.2) is 4.98 Å². The molecule has 3 rings (SSSR count). The van der Waals surface area contributed by atoms with Crippen molar-refractivity contribution in [3.05, 3.63) is 33.2 Å². The Labute approximate surface area is 128 Å². The molecule has 0 bridgehead atoms. The Morgan fingerprint density at radius 1 is 1.55 bits per heavy atom. The van der Waals surface area contributed by atoms with E-state index in [9.17, 15) is 4.79 Å². The lowest BCUT2D eigenvalue weighted by molar-refractivity contribution is 0.164. The van der Waals surface area contributed by atoms with Crippen LogP contribution in [-0.4, -0.2) is 40.0 Å². The Bertz CT molecular complexity index is 653. The number of nitrogens with one attached hydrogen (secondary N) is 1. The molecule has 7 heteroatoms. The minimum atomic E-state index is 0. The highest BCUT2D eigenvalue weighted by Crippen LogP contribution is 2.13. The fourth-order valence-electron chi connectivity index (χ4n) is 2.51. The Morgan fingerprint density at radius 2 is 2.35 bits per heavy atom. The van der Waals surface area contributed by atoms with Crippen LogP contribution in [0.25, 0.3) is 4.96 Å². The Balaban J connectivity index is 0.00000147. The number of aryl methyl sites for hydroxylation is 1. The smallest absolute Gasteiger partial charge is 0.259 e. The van der Waals surface area contributed by atoms with Crippen LogP contribution >= 0.6 is 23.7 Å². The van der Waals surface area contributed by atoms with Crippen molar-refractivity contribution in [2.24, 2.45) is 0 Å². The summed E-state index contributed by atoms with van der Waals surface area (Å²) in [4.78, 5) is 19.9. The number of piperazine rings is 1. The van der Waals surface area contributed by atoms with Gasteiger partial charge in [0.2, 0.25) is 0 Å². The number of hydrogen-bond donors (Lipinski definition) is 1. The molecule has 2 aromatic heterocycles. The van der Waals surface area contributed by atoms with Gasteiger partial charge in [-0.2, -0.15) is 0 Å². The number of aromatic nitrogens is 2. The topological polar surface area (TPSA) is 49.6 Å². The predicted octanol–water partition coefficient (Wildman–Crippen LogP) is 1.28. The highest BCUT2D eigenvalue weighted by molar-refractivity contribution is 7.15. The minimum absolute atomic E-state index is 0. The van der Waals surface area contributed by atoms with Crippen LogP contribution in [0.3, 0.4) is 0 Å². The van der Waals surface area contributed by atoms with Crippen LogP contribution in [0.1, 0.15) is 18.3 Å². The van der Waals surface area contributed by atoms with Gasteiger partial charge in [0.05, 0.1) is 5.69 Å². The van der Waals surface area contributed by atoms with Crippen molar-refractivity contribution in [1.29, 1.82) is 0 Å². The molecule has 20 heavy (non-hydrogen) atoms. The lowest BCUT2D eigenvalue weighted by Crippen LogP contribution is -2.49. The molecule has 3 heterocycles. The normalized spacial score (nSPS) is 20.0. The molecule has 1 aliphatic rings. The van der Waals surface area contributed by atoms with Crippen LogP contribution in [0.2, 0.25) is 0 Å². The van der Waals surface area contributed by atoms with Gasteiger partial charge in [0.25, 0.3) is 5.56 Å². The van der Waals surface area contributed by atoms with Crippen LogP contribution in [0.15, 0.2) is 16.2 Å². The average molecular weight is 315 g/mol. The van der Waals surface area contributed by atoms with E-state index in [4.69, 9.17) is 0 Å². The van der Waals surface area contributed by atoms with Gasteiger partial charge in [0.15, 0.2) is 4.96 Å². The Kier molecular flexibility index (Phi) is 4.80. The fourth-order valence-corrected chi connectivity index (χ4v) is 3.40. The van der Waals surface area contributed by atoms with Gasteiger partial charge in [-0.15, -0.1) is 23.7 Å². The second kappa shape index (κ2) is 6.22. The molecule has 5 nitrogen and oxygen atoms in total. The molecule has 0 radical (unpaired) electrons. The molecule has 1 atom stereocenters. The molecule has 1 saturated heterocycles. The van der Waals surface area contributed by atoms with E-state index >= 15 is 0 Å². The summed E-state index contributed by atoms with van der Waals surface area (Å²) in [5, 5.41) is 5.34. The van der Waals surface area contributed by atoms with E-state index < -0.39 is 0 Å². The largest absolute Gasteiger partial charge is 0.314 e. The van der Waals surface area contributed by atoms with Crippen LogP contribution in [0, 0.1) is 6.92 Å². The minimum Gasteiger partial charge on any atom is -0.314 e. The number of fused-ring (bicyclic) bond motifs is 1. The molecule has 0 unspecified atom stereocenters. The van der Waals surface area contributed by atoms with Gasteiger partial charge in [0.1, 0.15) is 0 Å². The summed E-state index contributed by atoms with van der Waals surface area (Å²) in [6, 6.07) is 2.15. The molecule has 0 aliphatic carbocycles. The summed E-state index contributed by atoms with van der Waals surface area (Å²) >= 11 is 1.53. The first-order chi connectivity index (χ1) is 9.15. The van der Waals surface area contributed by atoms with E-state index in [0.717, 1.165) is 42.5 Å². The Morgan fingerprint density at radius 3 is 3.10 bits per heavy atom. The van der Waals surface area contributed by atoms with Gasteiger partial charge in [0, 0.05) is 49.4 Å². The van der Waals surface area contributed by atoms with Gasteiger partial charge in [-0.05, 0) is 13.8 Å². The number of rotatable bonds is 2. The third-order valence-electron chi connectivity index (χ3n) is 3.63. The summed E-state index contributed by atoms with van der Waals surface area (Å²) < 4.78 is 1.68. The maximum atomic E-state index is 12.1. The van der Waals surface area contributed by atoms with Gasteiger partial charge < -0.3 is 5.32 Å². The van der Waals surface area contributed by atoms with E-state index in [0.29, 0.717) is 6.04 Å². The van der Waals surface area contributed by atoms with Crippen molar-refractivity contribution < 1.29 is 0 Å². The lowest BCUT2D eigenvalue weighted by Gasteiger charge is -2.33. The second-order valence-electron chi connectivity index (χ2n) is 5.10. The molecule has 110 valence electrons. The second-order valence-corrected chi connectivity index (χ2v) is 5.94. The molecule has 1 N–H and O–H groups in total. The van der Waals surface area contributed by atoms with Crippen molar-refractivity contribution in [1.82, 2.24) is 19.6 Å². The predicted molar refractivity (Wildman–Crippen MR) is 84.1 cm³/mol. The molecule has 0 saturated carbocycles. The van der Waals surface area contributed by atoms with E-state index in [1.54, 1.807) is 10.5 Å². The van der Waals surface area contributed by atoms with Crippen molar-refractivity contribution in [2.75, 3.05) is 19.6 Å². The zero-order chi connectivity index (χ0) is 13.4. The van der Waals surface area contributed by atoms with Crippen molar-refractivity contribution in [2.45, 2.75) is 26.4 Å². The third-order valence-corrected chi connectivity index (χ3v) is 4.58. The van der Waals surface area contributed by atoms with Crippen molar-refractivity contribution >= 4 is 28.7 Å². The molecule has 1 aliphatic heterocycles. The lowest BCUT2D eigenvalue weighted by atomic mass is 10.2. The molecule has 0 amide bonds. The van der Waals surface area contributed by atoms with Crippen LogP contribution in [-0.2, 0) is 6.54 Å². The van der Waals surface area contributed by atoms with Crippen molar-refractivity contribution in [3.8, 4) is 0 Å². The quantitative estimate of drug-likeness (QED) is 0.907. The summed E-state index contributed by atoms with van der Waals surface area (Å²) in [7, 11) is 0. The number of nitrogens with zero attached hydrogens (tertiary/aromatic N) is 3. The third kappa shape index (κ3) is 2.88. The van der Waals surface area contributed by atoms with Crippen LogP contribution in [0.4, 0.5) is 0 Å². The monoisotopic (exact) mass is 314 g/mol. The van der Waals surface area contributed by atoms with Gasteiger partial charge in [-0.3, -0.25) is 14.1 Å². The zero-order valence-electron chi connectivity index (χ0n) is 11.6. The first-order valence-electron chi connectivity index (χ1n) is 6.56. The number of hydrogen-bond acceptors (Lipinski definition) is 5. The molecular formula is C13H19ClN4OS. The first-order valence-corrected chi connectivity index (χ1v) is 7.44. The molecule has 0 aromatic carbocycles.